The first-order chi connectivity index (χ1) is 14.1. The van der Waals surface area contributed by atoms with Crippen molar-refractivity contribution in [3.05, 3.63) is 0 Å². The van der Waals surface area contributed by atoms with E-state index >= 15 is 0 Å². The summed E-state index contributed by atoms with van der Waals surface area (Å²) in [4.78, 5) is 17.6. The molecule has 1 aliphatic carbocycles. The fraction of sp³-hybridized carbons (Fsp3) is 0.958. The van der Waals surface area contributed by atoms with Crippen LogP contribution >= 0.6 is 0 Å². The second-order valence-corrected chi connectivity index (χ2v) is 10.2. The van der Waals surface area contributed by atoms with Crippen molar-refractivity contribution in [3.63, 3.8) is 0 Å². The van der Waals surface area contributed by atoms with Gasteiger partial charge in [-0.15, -0.1) is 0 Å². The van der Waals surface area contributed by atoms with Crippen LogP contribution in [-0.4, -0.2) is 87.1 Å². The van der Waals surface area contributed by atoms with Gasteiger partial charge >= 0.3 is 0 Å². The van der Waals surface area contributed by atoms with Gasteiger partial charge in [0.05, 0.1) is 36.4 Å². The molecule has 1 saturated carbocycles. The zero-order valence-corrected chi connectivity index (χ0v) is 20.7. The second-order valence-electron chi connectivity index (χ2n) is 10.2. The maximum atomic E-state index is 13.3. The minimum absolute atomic E-state index is 0.216. The van der Waals surface area contributed by atoms with Crippen molar-refractivity contribution in [3.8, 4) is 0 Å². The first-order valence-corrected chi connectivity index (χ1v) is 11.9. The van der Waals surface area contributed by atoms with E-state index in [9.17, 15) is 4.79 Å². The molecule has 30 heavy (non-hydrogen) atoms. The van der Waals surface area contributed by atoms with Crippen LogP contribution in [0.25, 0.3) is 0 Å². The summed E-state index contributed by atoms with van der Waals surface area (Å²) in [7, 11) is 3.87. The zero-order valence-electron chi connectivity index (χ0n) is 20.7. The van der Waals surface area contributed by atoms with Crippen LogP contribution in [0.3, 0.4) is 0 Å². The summed E-state index contributed by atoms with van der Waals surface area (Å²) in [5, 5.41) is 0. The van der Waals surface area contributed by atoms with Crippen molar-refractivity contribution in [1.82, 2.24) is 9.80 Å². The Hall–Kier alpha value is -0.690. The van der Waals surface area contributed by atoms with Gasteiger partial charge in [-0.2, -0.15) is 0 Å². The molecule has 2 aliphatic heterocycles. The summed E-state index contributed by atoms with van der Waals surface area (Å²) in [5.74, 6) is 0.244. The molecule has 0 atom stereocenters. The largest absolute Gasteiger partial charge is 0.381 e. The van der Waals surface area contributed by atoms with E-state index in [0.29, 0.717) is 24.9 Å². The Bertz CT molecular complexity index is 531. The summed E-state index contributed by atoms with van der Waals surface area (Å²) in [5.41, 5.74) is -0.678. The van der Waals surface area contributed by atoms with Gasteiger partial charge in [-0.05, 0) is 32.7 Å². The Morgan fingerprint density at radius 3 is 2.00 bits per heavy atom. The second kappa shape index (κ2) is 10.8. The van der Waals surface area contributed by atoms with Crippen molar-refractivity contribution in [2.75, 3.05) is 46.9 Å². The third kappa shape index (κ3) is 5.96. The van der Waals surface area contributed by atoms with Gasteiger partial charge in [0.1, 0.15) is 0 Å². The van der Waals surface area contributed by atoms with Gasteiger partial charge in [-0.3, -0.25) is 4.79 Å². The predicted molar refractivity (Wildman–Crippen MR) is 121 cm³/mol. The summed E-state index contributed by atoms with van der Waals surface area (Å²) >= 11 is 0. The molecular weight excluding hydrogens is 380 g/mol. The molecule has 0 aromatic carbocycles. The van der Waals surface area contributed by atoms with Gasteiger partial charge in [0.25, 0.3) is 0 Å². The highest BCUT2D eigenvalue weighted by Gasteiger charge is 2.46. The number of rotatable bonds is 8. The Morgan fingerprint density at radius 2 is 1.50 bits per heavy atom. The summed E-state index contributed by atoms with van der Waals surface area (Å²) in [6, 6.07) is 0. The van der Waals surface area contributed by atoms with Crippen molar-refractivity contribution in [2.45, 2.75) is 91.6 Å². The third-order valence-corrected chi connectivity index (χ3v) is 7.44. The first-order valence-electron chi connectivity index (χ1n) is 11.9. The molecular formula is C24H46N2O4. The minimum atomic E-state index is -0.462. The van der Waals surface area contributed by atoms with E-state index < -0.39 is 5.41 Å². The lowest BCUT2D eigenvalue weighted by Crippen LogP contribution is -2.55. The highest BCUT2D eigenvalue weighted by atomic mass is 16.5. The van der Waals surface area contributed by atoms with Crippen LogP contribution in [0.1, 0.15) is 67.2 Å². The summed E-state index contributed by atoms with van der Waals surface area (Å²) < 4.78 is 17.6. The molecule has 1 amide bonds. The fourth-order valence-electron chi connectivity index (χ4n) is 4.23. The molecule has 0 aromatic heterocycles. The normalized spacial score (nSPS) is 26.5. The van der Waals surface area contributed by atoms with E-state index in [-0.39, 0.29) is 17.4 Å². The predicted octanol–water partition coefficient (Wildman–Crippen LogP) is 3.58. The van der Waals surface area contributed by atoms with Gasteiger partial charge in [-0.1, -0.05) is 41.5 Å². The molecule has 176 valence electrons. The summed E-state index contributed by atoms with van der Waals surface area (Å²) in [6.07, 6.45) is 5.19. The van der Waals surface area contributed by atoms with Gasteiger partial charge in [0.15, 0.2) is 0 Å². The van der Waals surface area contributed by atoms with Gasteiger partial charge in [0, 0.05) is 38.7 Å². The third-order valence-electron chi connectivity index (χ3n) is 7.44. The SMILES string of the molecule is CC.COC1CC(OC2CCN(C(=O)C(C)(C)C(C)(C)COC3CN(C)C3)CC2)C1. The molecule has 0 spiro atoms. The standard InChI is InChI=1S/C22H40N2O4.C2H6/c1-21(2,15-27-19-13-23(5)14-19)22(3,4)20(25)24-9-7-16(8-10-24)28-18-11-17(12-18)26-6;1-2/h16-19H,7-15H2,1-6H3;1-2H3. The Morgan fingerprint density at radius 1 is 0.933 bits per heavy atom. The highest BCUT2D eigenvalue weighted by Crippen LogP contribution is 2.41. The number of hydrogen-bond acceptors (Lipinski definition) is 5. The van der Waals surface area contributed by atoms with Gasteiger partial charge in [-0.25, -0.2) is 0 Å². The van der Waals surface area contributed by atoms with Crippen LogP contribution in [0, 0.1) is 10.8 Å². The van der Waals surface area contributed by atoms with Crippen LogP contribution in [0.4, 0.5) is 0 Å². The molecule has 0 N–H and O–H groups in total. The molecule has 6 nitrogen and oxygen atoms in total. The number of amides is 1. The van der Waals surface area contributed by atoms with Crippen molar-refractivity contribution in [1.29, 1.82) is 0 Å². The molecule has 0 bridgehead atoms. The van der Waals surface area contributed by atoms with E-state index in [0.717, 1.165) is 51.9 Å². The number of likely N-dealkylation sites (tertiary alicyclic amines) is 2. The van der Waals surface area contributed by atoms with E-state index in [1.54, 1.807) is 7.11 Å². The molecule has 3 aliphatic rings. The van der Waals surface area contributed by atoms with Crippen LogP contribution in [-0.2, 0) is 19.0 Å². The number of hydrogen-bond donors (Lipinski definition) is 0. The molecule has 2 saturated heterocycles. The lowest BCUT2D eigenvalue weighted by Gasteiger charge is -2.46. The maximum absolute atomic E-state index is 13.3. The van der Waals surface area contributed by atoms with Gasteiger partial charge in [0.2, 0.25) is 5.91 Å². The van der Waals surface area contributed by atoms with E-state index in [1.165, 1.54) is 0 Å². The van der Waals surface area contributed by atoms with E-state index in [1.807, 2.05) is 18.7 Å². The van der Waals surface area contributed by atoms with E-state index in [2.05, 4.69) is 39.6 Å². The monoisotopic (exact) mass is 426 g/mol. The van der Waals surface area contributed by atoms with Crippen molar-refractivity contribution in [2.24, 2.45) is 10.8 Å². The topological polar surface area (TPSA) is 51.2 Å². The Balaban J connectivity index is 0.00000155. The molecule has 3 rings (SSSR count). The van der Waals surface area contributed by atoms with Crippen molar-refractivity contribution < 1.29 is 19.0 Å². The molecule has 0 unspecified atom stereocenters. The lowest BCUT2D eigenvalue weighted by molar-refractivity contribution is -0.159. The number of carbonyl (C=O) groups excluding carboxylic acids is 1. The minimum Gasteiger partial charge on any atom is -0.381 e. The number of carbonyl (C=O) groups is 1. The van der Waals surface area contributed by atoms with Gasteiger partial charge < -0.3 is 24.0 Å². The molecule has 0 aromatic rings. The number of piperidine rings is 1. The van der Waals surface area contributed by atoms with E-state index in [4.69, 9.17) is 14.2 Å². The average molecular weight is 427 g/mol. The van der Waals surface area contributed by atoms with Crippen LogP contribution < -0.4 is 0 Å². The lowest BCUT2D eigenvalue weighted by atomic mass is 9.67. The number of ether oxygens (including phenoxy) is 3. The zero-order chi connectivity index (χ0) is 22.5. The first kappa shape index (κ1) is 25.6. The molecule has 3 fully saturated rings. The number of likely N-dealkylation sites (N-methyl/N-ethyl adjacent to an activating group) is 1. The Kier molecular flexibility index (Phi) is 9.17. The fourth-order valence-corrected chi connectivity index (χ4v) is 4.23. The van der Waals surface area contributed by atoms with Crippen molar-refractivity contribution >= 4 is 5.91 Å². The number of methoxy groups -OCH3 is 1. The quantitative estimate of drug-likeness (QED) is 0.594. The van der Waals surface area contributed by atoms with Crippen LogP contribution in [0.2, 0.25) is 0 Å². The maximum Gasteiger partial charge on any atom is 0.228 e. The average Bonchev–Trinajstić information content (AvgIpc) is 2.68. The Labute approximate surface area is 184 Å². The van der Waals surface area contributed by atoms with Crippen LogP contribution in [0.5, 0.6) is 0 Å². The molecule has 2 heterocycles. The highest BCUT2D eigenvalue weighted by molar-refractivity contribution is 5.83. The molecule has 6 heteroatoms. The van der Waals surface area contributed by atoms with Crippen LogP contribution in [0.15, 0.2) is 0 Å². The summed E-state index contributed by atoms with van der Waals surface area (Å²) in [6.45, 7) is 16.6. The number of nitrogens with zero attached hydrogens (tertiary/aromatic N) is 2. The molecule has 0 radical (unpaired) electrons. The smallest absolute Gasteiger partial charge is 0.228 e.